The van der Waals surface area contributed by atoms with E-state index in [2.05, 4.69) is 5.32 Å². The molecule has 0 fully saturated rings. The fraction of sp³-hybridized carbons (Fsp3) is 0.786. The van der Waals surface area contributed by atoms with Gasteiger partial charge in [0.05, 0.1) is 0 Å². The Morgan fingerprint density at radius 2 is 1.80 bits per heavy atom. The molecule has 0 saturated heterocycles. The third-order valence-electron chi connectivity index (χ3n) is 2.96. The number of aliphatic carboxylic acids is 1. The molecule has 0 heterocycles. The van der Waals surface area contributed by atoms with Gasteiger partial charge in [-0.05, 0) is 18.8 Å². The van der Waals surface area contributed by atoms with Crippen LogP contribution in [0.25, 0.3) is 0 Å². The molecule has 6 heteroatoms. The molecule has 1 atom stereocenters. The van der Waals surface area contributed by atoms with Gasteiger partial charge in [0.2, 0.25) is 11.8 Å². The minimum absolute atomic E-state index is 0.0193. The zero-order valence-electron chi connectivity index (χ0n) is 13.0. The molecule has 0 saturated carbocycles. The van der Waals surface area contributed by atoms with Crippen LogP contribution in [0.1, 0.15) is 47.5 Å². The molecule has 0 bridgehead atoms. The van der Waals surface area contributed by atoms with E-state index in [4.69, 9.17) is 5.11 Å². The molecule has 0 aromatic rings. The van der Waals surface area contributed by atoms with Gasteiger partial charge in [-0.25, -0.2) is 4.79 Å². The molecule has 0 aliphatic heterocycles. The Morgan fingerprint density at radius 1 is 1.25 bits per heavy atom. The van der Waals surface area contributed by atoms with Crippen molar-refractivity contribution in [2.24, 2.45) is 5.41 Å². The highest BCUT2D eigenvalue weighted by molar-refractivity contribution is 5.83. The van der Waals surface area contributed by atoms with Crippen LogP contribution in [0.5, 0.6) is 0 Å². The van der Waals surface area contributed by atoms with Gasteiger partial charge in [0, 0.05) is 26.4 Å². The number of rotatable bonds is 7. The quantitative estimate of drug-likeness (QED) is 0.737. The molecule has 2 N–H and O–H groups in total. The van der Waals surface area contributed by atoms with Crippen molar-refractivity contribution in [3.8, 4) is 0 Å². The monoisotopic (exact) mass is 286 g/mol. The summed E-state index contributed by atoms with van der Waals surface area (Å²) >= 11 is 0. The number of nitrogens with one attached hydrogen (secondary N) is 1. The summed E-state index contributed by atoms with van der Waals surface area (Å²) in [6, 6.07) is -0.892. The molecule has 0 radical (unpaired) electrons. The van der Waals surface area contributed by atoms with Crippen molar-refractivity contribution in [2.75, 3.05) is 13.1 Å². The van der Waals surface area contributed by atoms with Crippen LogP contribution in [0, 0.1) is 5.41 Å². The van der Waals surface area contributed by atoms with Gasteiger partial charge in [0.25, 0.3) is 0 Å². The number of nitrogens with zero attached hydrogens (tertiary/aromatic N) is 1. The molecule has 0 aliphatic rings. The molecular formula is C14H26N2O4. The Balaban J connectivity index is 4.62. The lowest BCUT2D eigenvalue weighted by Crippen LogP contribution is -2.46. The fourth-order valence-electron chi connectivity index (χ4n) is 1.65. The molecule has 20 heavy (non-hydrogen) atoms. The lowest BCUT2D eigenvalue weighted by Gasteiger charge is -2.28. The molecule has 0 aliphatic carbocycles. The van der Waals surface area contributed by atoms with Gasteiger partial charge < -0.3 is 15.3 Å². The Labute approximate surface area is 120 Å². The van der Waals surface area contributed by atoms with E-state index in [1.54, 1.807) is 0 Å². The molecule has 116 valence electrons. The molecule has 2 amide bonds. The minimum Gasteiger partial charge on any atom is -0.480 e. The average molecular weight is 286 g/mol. The molecular weight excluding hydrogens is 260 g/mol. The van der Waals surface area contributed by atoms with E-state index in [0.29, 0.717) is 12.8 Å². The molecule has 0 aromatic heterocycles. The van der Waals surface area contributed by atoms with Crippen LogP contribution >= 0.6 is 0 Å². The van der Waals surface area contributed by atoms with Crippen LogP contribution in [0.2, 0.25) is 0 Å². The highest BCUT2D eigenvalue weighted by Gasteiger charge is 2.26. The number of hydrogen-bond donors (Lipinski definition) is 2. The van der Waals surface area contributed by atoms with Crippen molar-refractivity contribution in [3.63, 3.8) is 0 Å². The van der Waals surface area contributed by atoms with E-state index in [9.17, 15) is 14.4 Å². The smallest absolute Gasteiger partial charge is 0.326 e. The first-order valence-corrected chi connectivity index (χ1v) is 6.81. The second-order valence-corrected chi connectivity index (χ2v) is 6.14. The summed E-state index contributed by atoms with van der Waals surface area (Å²) in [5.74, 6) is -1.44. The maximum atomic E-state index is 12.2. The highest BCUT2D eigenvalue weighted by atomic mass is 16.4. The summed E-state index contributed by atoms with van der Waals surface area (Å²) < 4.78 is 0. The van der Waals surface area contributed by atoms with Crippen LogP contribution in [0.15, 0.2) is 0 Å². The highest BCUT2D eigenvalue weighted by Crippen LogP contribution is 2.21. The lowest BCUT2D eigenvalue weighted by atomic mass is 9.90. The number of carbonyl (C=O) groups is 3. The van der Waals surface area contributed by atoms with Gasteiger partial charge in [-0.1, -0.05) is 20.8 Å². The molecule has 6 nitrogen and oxygen atoms in total. The Bertz CT molecular complexity index is 361. The van der Waals surface area contributed by atoms with Gasteiger partial charge in [-0.2, -0.15) is 0 Å². The van der Waals surface area contributed by atoms with E-state index in [1.165, 1.54) is 18.7 Å². The zero-order valence-corrected chi connectivity index (χ0v) is 13.0. The first-order valence-electron chi connectivity index (χ1n) is 6.81. The first kappa shape index (κ1) is 18.4. The number of carboxylic acid groups (broad SMARTS) is 1. The summed E-state index contributed by atoms with van der Waals surface area (Å²) in [5, 5.41) is 11.6. The summed E-state index contributed by atoms with van der Waals surface area (Å²) in [7, 11) is 0. The van der Waals surface area contributed by atoms with Crippen molar-refractivity contribution in [3.05, 3.63) is 0 Å². The van der Waals surface area contributed by atoms with E-state index in [1.807, 2.05) is 20.8 Å². The number of carbonyl (C=O) groups excluding carboxylic acids is 2. The Hall–Kier alpha value is -1.59. The summed E-state index contributed by atoms with van der Waals surface area (Å²) in [5.41, 5.74) is 0.0193. The van der Waals surface area contributed by atoms with Gasteiger partial charge in [0.15, 0.2) is 0 Å². The average Bonchev–Trinajstić information content (AvgIpc) is 2.29. The molecule has 0 rings (SSSR count). The summed E-state index contributed by atoms with van der Waals surface area (Å²) in [4.78, 5) is 35.4. The largest absolute Gasteiger partial charge is 0.480 e. The Morgan fingerprint density at radius 3 is 2.20 bits per heavy atom. The van der Waals surface area contributed by atoms with E-state index < -0.39 is 12.0 Å². The third-order valence-corrected chi connectivity index (χ3v) is 2.96. The van der Waals surface area contributed by atoms with E-state index in [0.717, 1.165) is 0 Å². The predicted molar refractivity (Wildman–Crippen MR) is 76.2 cm³/mol. The maximum absolute atomic E-state index is 12.2. The SMILES string of the molecule is CC(=O)NCCN(C(=O)CCC(C)(C)C)C(C)C(=O)O. The predicted octanol–water partition coefficient (Wildman–Crippen LogP) is 1.25. The van der Waals surface area contributed by atoms with Gasteiger partial charge in [-0.15, -0.1) is 0 Å². The number of hydrogen-bond acceptors (Lipinski definition) is 3. The van der Waals surface area contributed by atoms with Gasteiger partial charge in [-0.3, -0.25) is 9.59 Å². The third kappa shape index (κ3) is 7.76. The van der Waals surface area contributed by atoms with Gasteiger partial charge >= 0.3 is 5.97 Å². The Kier molecular flexibility index (Phi) is 7.24. The molecule has 1 unspecified atom stereocenters. The second-order valence-electron chi connectivity index (χ2n) is 6.14. The van der Waals surface area contributed by atoms with Crippen molar-refractivity contribution in [2.45, 2.75) is 53.5 Å². The van der Waals surface area contributed by atoms with Crippen LogP contribution < -0.4 is 5.32 Å². The van der Waals surface area contributed by atoms with E-state index in [-0.39, 0.29) is 30.3 Å². The van der Waals surface area contributed by atoms with Crippen molar-refractivity contribution >= 4 is 17.8 Å². The normalized spacial score (nSPS) is 12.7. The molecule has 0 spiro atoms. The summed E-state index contributed by atoms with van der Waals surface area (Å²) in [6.07, 6.45) is 0.996. The van der Waals surface area contributed by atoms with Crippen LogP contribution in [-0.2, 0) is 14.4 Å². The van der Waals surface area contributed by atoms with Crippen molar-refractivity contribution in [1.82, 2.24) is 10.2 Å². The zero-order chi connectivity index (χ0) is 15.9. The minimum atomic E-state index is -1.04. The van der Waals surface area contributed by atoms with Crippen molar-refractivity contribution < 1.29 is 19.5 Å². The second kappa shape index (κ2) is 7.87. The lowest BCUT2D eigenvalue weighted by molar-refractivity contribution is -0.149. The fourth-order valence-corrected chi connectivity index (χ4v) is 1.65. The maximum Gasteiger partial charge on any atom is 0.326 e. The number of amides is 2. The standard InChI is InChI=1S/C14H26N2O4/c1-10(13(19)20)16(9-8-15-11(2)17)12(18)6-7-14(3,4)5/h10H,6-9H2,1-5H3,(H,15,17)(H,19,20). The molecule has 0 aromatic carbocycles. The van der Waals surface area contributed by atoms with Crippen LogP contribution in [0.4, 0.5) is 0 Å². The number of carboxylic acids is 1. The first-order chi connectivity index (χ1) is 9.04. The van der Waals surface area contributed by atoms with Gasteiger partial charge in [0.1, 0.15) is 6.04 Å². The topological polar surface area (TPSA) is 86.7 Å². The van der Waals surface area contributed by atoms with E-state index >= 15 is 0 Å². The van der Waals surface area contributed by atoms with Crippen molar-refractivity contribution in [1.29, 1.82) is 0 Å². The van der Waals surface area contributed by atoms with Crippen LogP contribution in [-0.4, -0.2) is 46.9 Å². The summed E-state index contributed by atoms with van der Waals surface area (Å²) in [6.45, 7) is 9.41. The van der Waals surface area contributed by atoms with Crippen LogP contribution in [0.3, 0.4) is 0 Å².